The van der Waals surface area contributed by atoms with Gasteiger partial charge in [0.25, 0.3) is 0 Å². The highest BCUT2D eigenvalue weighted by Crippen LogP contribution is 2.61. The second kappa shape index (κ2) is 9.29. The number of fused-ring (bicyclic) bond motifs is 4. The van der Waals surface area contributed by atoms with E-state index in [1.165, 1.54) is 18.2 Å². The highest BCUT2D eigenvalue weighted by Gasteiger charge is 2.58. The van der Waals surface area contributed by atoms with Crippen molar-refractivity contribution in [2.45, 2.75) is 32.0 Å². The summed E-state index contributed by atoms with van der Waals surface area (Å²) in [6.07, 6.45) is -0.410. The highest BCUT2D eigenvalue weighted by atomic mass is 19.4. The fourth-order valence-electron chi connectivity index (χ4n) is 6.44. The summed E-state index contributed by atoms with van der Waals surface area (Å²) in [6.45, 7) is 1.48. The average molecular weight is 557 g/mol. The van der Waals surface area contributed by atoms with Crippen LogP contribution in [0.15, 0.2) is 85.2 Å². The van der Waals surface area contributed by atoms with Gasteiger partial charge in [-0.05, 0) is 72.2 Å². The third kappa shape index (κ3) is 4.29. The zero-order valence-corrected chi connectivity index (χ0v) is 22.0. The Morgan fingerprint density at radius 1 is 1.02 bits per heavy atom. The third-order valence-electron chi connectivity index (χ3n) is 8.36. The van der Waals surface area contributed by atoms with Crippen molar-refractivity contribution < 1.29 is 27.1 Å². The molecule has 0 aliphatic heterocycles. The average Bonchev–Trinajstić information content (AvgIpc) is 3.37. The predicted molar refractivity (Wildman–Crippen MR) is 146 cm³/mol. The lowest BCUT2D eigenvalue weighted by Crippen LogP contribution is -2.06. The van der Waals surface area contributed by atoms with Crippen LogP contribution >= 0.6 is 0 Å². The number of Topliss-reactive ketones (excluding diaryl/α,β-unsaturated/α-hetero) is 1. The smallest absolute Gasteiger partial charge is 0.417 e. The number of ketones is 1. The predicted octanol–water partition coefficient (Wildman–Crippen LogP) is 7.90. The topological polar surface area (TPSA) is 44.1 Å². The van der Waals surface area contributed by atoms with Gasteiger partial charge in [-0.15, -0.1) is 0 Å². The molecule has 0 spiro atoms. The molecule has 206 valence electrons. The highest BCUT2D eigenvalue weighted by molar-refractivity contribution is 5.98. The molecule has 2 aliphatic rings. The van der Waals surface area contributed by atoms with Gasteiger partial charge in [0.05, 0.1) is 11.1 Å². The monoisotopic (exact) mass is 556 g/mol. The van der Waals surface area contributed by atoms with Gasteiger partial charge >= 0.3 is 6.18 Å². The van der Waals surface area contributed by atoms with Crippen molar-refractivity contribution in [1.82, 2.24) is 9.55 Å². The van der Waals surface area contributed by atoms with E-state index in [4.69, 9.17) is 4.74 Å². The summed E-state index contributed by atoms with van der Waals surface area (Å²) in [4.78, 5) is 16.2. The summed E-state index contributed by atoms with van der Waals surface area (Å²) in [5.74, 6) is 0.650. The van der Waals surface area contributed by atoms with Crippen LogP contribution in [-0.4, -0.2) is 15.3 Å². The van der Waals surface area contributed by atoms with E-state index in [9.17, 15) is 18.0 Å². The SMILES string of the molecule is CC(=O)[C@H]1[C@@H]2Cc3cc(OCc4cc5c(-c6ccccc6C(F)(F)F)cn(-c6ccccc6)c5cc4F)ncc3[C@@H]21. The van der Waals surface area contributed by atoms with E-state index in [0.717, 1.165) is 23.6 Å². The second-order valence-electron chi connectivity index (χ2n) is 10.8. The molecule has 0 unspecified atom stereocenters. The number of benzene rings is 3. The van der Waals surface area contributed by atoms with Crippen LogP contribution in [0.4, 0.5) is 17.6 Å². The fraction of sp³-hybridized carbons (Fsp3) is 0.212. The standard InChI is InChI=1S/C33H24F4N2O2/c1-18(40)31-24-11-19-13-30(38-15-25(19)32(24)31)41-17-20-12-23-26(22-9-5-6-10-27(22)33(35,36)37)16-39(29(23)14-28(20)34)21-7-3-2-4-8-21/h2-10,12-16,24,31-32H,11,17H2,1H3/t24-,31-,32+/m0/s1. The number of carbonyl (C=O) groups excluding carboxylic acids is 1. The molecule has 5 aromatic rings. The molecule has 0 bridgehead atoms. The second-order valence-corrected chi connectivity index (χ2v) is 10.8. The van der Waals surface area contributed by atoms with Gasteiger partial charge in [-0.25, -0.2) is 9.37 Å². The van der Waals surface area contributed by atoms with Crippen LogP contribution in [-0.2, 0) is 24.0 Å². The number of hydrogen-bond donors (Lipinski definition) is 0. The molecule has 2 aromatic heterocycles. The molecule has 3 atom stereocenters. The van der Waals surface area contributed by atoms with Crippen LogP contribution in [0, 0.1) is 17.7 Å². The number of carbonyl (C=O) groups is 1. The maximum atomic E-state index is 15.5. The molecule has 1 saturated carbocycles. The maximum absolute atomic E-state index is 15.5. The molecule has 3 aromatic carbocycles. The van der Waals surface area contributed by atoms with Crippen molar-refractivity contribution in [3.63, 3.8) is 0 Å². The number of pyridine rings is 1. The molecule has 4 nitrogen and oxygen atoms in total. The Labute approximate surface area is 233 Å². The summed E-state index contributed by atoms with van der Waals surface area (Å²) in [6, 6.07) is 19.2. The van der Waals surface area contributed by atoms with Crippen molar-refractivity contribution in [3.8, 4) is 22.7 Å². The van der Waals surface area contributed by atoms with E-state index < -0.39 is 17.6 Å². The van der Waals surface area contributed by atoms with Crippen LogP contribution in [0.25, 0.3) is 27.7 Å². The largest absolute Gasteiger partial charge is 0.473 e. The third-order valence-corrected chi connectivity index (χ3v) is 8.36. The molecular weight excluding hydrogens is 532 g/mol. The first-order valence-corrected chi connectivity index (χ1v) is 13.4. The van der Waals surface area contributed by atoms with Crippen molar-refractivity contribution in [2.75, 3.05) is 0 Å². The molecule has 1 fully saturated rings. The molecule has 2 heterocycles. The van der Waals surface area contributed by atoms with E-state index in [0.29, 0.717) is 34.0 Å². The van der Waals surface area contributed by atoms with Gasteiger partial charge in [-0.3, -0.25) is 4.79 Å². The van der Waals surface area contributed by atoms with Crippen molar-refractivity contribution in [1.29, 1.82) is 0 Å². The lowest BCUT2D eigenvalue weighted by Gasteiger charge is -2.13. The summed E-state index contributed by atoms with van der Waals surface area (Å²) in [7, 11) is 0. The Kier molecular flexibility index (Phi) is 5.78. The molecule has 0 N–H and O–H groups in total. The molecule has 0 radical (unpaired) electrons. The number of nitrogens with zero attached hydrogens (tertiary/aromatic N) is 2. The Morgan fingerprint density at radius 3 is 2.54 bits per heavy atom. The molecule has 2 aliphatic carbocycles. The minimum Gasteiger partial charge on any atom is -0.473 e. The van der Waals surface area contributed by atoms with E-state index in [2.05, 4.69) is 4.98 Å². The van der Waals surface area contributed by atoms with Crippen molar-refractivity contribution in [3.05, 3.63) is 113 Å². The van der Waals surface area contributed by atoms with E-state index in [1.54, 1.807) is 36.0 Å². The quantitative estimate of drug-likeness (QED) is 0.200. The molecule has 8 heteroatoms. The summed E-state index contributed by atoms with van der Waals surface area (Å²) >= 11 is 0. The van der Waals surface area contributed by atoms with Crippen LogP contribution in [0.3, 0.4) is 0 Å². The minimum absolute atomic E-state index is 0.0147. The summed E-state index contributed by atoms with van der Waals surface area (Å²) in [5.41, 5.74) is 3.10. The zero-order chi connectivity index (χ0) is 28.5. The number of hydrogen-bond acceptors (Lipinski definition) is 3. The van der Waals surface area contributed by atoms with Gasteiger partial charge in [0.15, 0.2) is 0 Å². The number of ether oxygens (including phenoxy) is 1. The molecule has 0 saturated heterocycles. The number of alkyl halides is 3. The van der Waals surface area contributed by atoms with Gasteiger partial charge in [0.2, 0.25) is 5.88 Å². The van der Waals surface area contributed by atoms with Crippen molar-refractivity contribution >= 4 is 16.7 Å². The van der Waals surface area contributed by atoms with Crippen LogP contribution in [0.2, 0.25) is 0 Å². The Balaban J connectivity index is 1.26. The van der Waals surface area contributed by atoms with Gasteiger partial charge in [0.1, 0.15) is 18.2 Å². The normalized spacial score (nSPS) is 19.2. The molecule has 41 heavy (non-hydrogen) atoms. The minimum atomic E-state index is -4.56. The molecule has 0 amide bonds. The van der Waals surface area contributed by atoms with Crippen molar-refractivity contribution in [2.24, 2.45) is 11.8 Å². The number of rotatable bonds is 6. The van der Waals surface area contributed by atoms with E-state index >= 15 is 4.39 Å². The molecule has 7 rings (SSSR count). The van der Waals surface area contributed by atoms with Crippen LogP contribution in [0.1, 0.15) is 35.1 Å². The first-order chi connectivity index (χ1) is 19.7. The Morgan fingerprint density at radius 2 is 1.78 bits per heavy atom. The van der Waals surface area contributed by atoms with Gasteiger partial charge in [-0.1, -0.05) is 36.4 Å². The number of halogens is 4. The first-order valence-electron chi connectivity index (χ1n) is 13.4. The van der Waals surface area contributed by atoms with E-state index in [1.807, 2.05) is 36.4 Å². The van der Waals surface area contributed by atoms with E-state index in [-0.39, 0.29) is 35.4 Å². The first kappa shape index (κ1) is 25.5. The Bertz CT molecular complexity index is 1830. The van der Waals surface area contributed by atoms with Gasteiger partial charge in [-0.2, -0.15) is 13.2 Å². The lowest BCUT2D eigenvalue weighted by atomic mass is 9.98. The van der Waals surface area contributed by atoms with Crippen LogP contribution in [0.5, 0.6) is 5.88 Å². The number of aromatic nitrogens is 2. The summed E-state index contributed by atoms with van der Waals surface area (Å²) in [5, 5.41) is 0.475. The summed E-state index contributed by atoms with van der Waals surface area (Å²) < 4.78 is 65.0. The number of para-hydroxylation sites is 1. The van der Waals surface area contributed by atoms with Crippen LogP contribution < -0.4 is 4.74 Å². The lowest BCUT2D eigenvalue weighted by molar-refractivity contribution is -0.137. The fourth-order valence-corrected chi connectivity index (χ4v) is 6.44. The zero-order valence-electron chi connectivity index (χ0n) is 22.0. The maximum Gasteiger partial charge on any atom is 0.417 e. The van der Waals surface area contributed by atoms with Gasteiger partial charge in [0, 0.05) is 46.6 Å². The Hall–Kier alpha value is -4.46. The van der Waals surface area contributed by atoms with Gasteiger partial charge < -0.3 is 9.30 Å². The molecular formula is C33H24F4N2O2.